The number of aromatic hydroxyl groups is 2. The van der Waals surface area contributed by atoms with Crippen molar-refractivity contribution in [1.29, 1.82) is 0 Å². The quantitative estimate of drug-likeness (QED) is 0.301. The standard InChI is InChI=1S/C21H40N2O2/c1-3-5-7-9-11-13-15-17-23-20(24)18-19(21(23)25)22-16-14-12-10-8-6-4-2/h18,22,24-25H,3-17H2,1-2H3. The van der Waals surface area contributed by atoms with Crippen LogP contribution in [0.25, 0.3) is 0 Å². The smallest absolute Gasteiger partial charge is 0.218 e. The molecule has 0 amide bonds. The van der Waals surface area contributed by atoms with Crippen molar-refractivity contribution in [2.45, 2.75) is 104 Å². The van der Waals surface area contributed by atoms with Gasteiger partial charge in [-0.25, -0.2) is 0 Å². The average Bonchev–Trinajstić information content (AvgIpc) is 2.87. The van der Waals surface area contributed by atoms with E-state index in [2.05, 4.69) is 19.2 Å². The zero-order valence-corrected chi connectivity index (χ0v) is 16.5. The van der Waals surface area contributed by atoms with Crippen LogP contribution in [-0.4, -0.2) is 21.3 Å². The SMILES string of the molecule is CCCCCCCCCn1c(O)cc(NCCCCCCCC)c1O. The third kappa shape index (κ3) is 9.08. The van der Waals surface area contributed by atoms with Crippen molar-refractivity contribution in [3.63, 3.8) is 0 Å². The van der Waals surface area contributed by atoms with Crippen molar-refractivity contribution in [1.82, 2.24) is 4.57 Å². The van der Waals surface area contributed by atoms with E-state index in [-0.39, 0.29) is 11.8 Å². The second kappa shape index (κ2) is 13.9. The predicted molar refractivity (Wildman–Crippen MR) is 108 cm³/mol. The van der Waals surface area contributed by atoms with Gasteiger partial charge in [-0.2, -0.15) is 0 Å². The molecule has 1 heterocycles. The lowest BCUT2D eigenvalue weighted by Gasteiger charge is -2.08. The molecule has 0 atom stereocenters. The van der Waals surface area contributed by atoms with E-state index in [0.717, 1.165) is 25.8 Å². The molecule has 4 nitrogen and oxygen atoms in total. The summed E-state index contributed by atoms with van der Waals surface area (Å²) in [5.74, 6) is 0.336. The molecule has 0 aromatic carbocycles. The molecule has 0 saturated heterocycles. The number of hydrogen-bond acceptors (Lipinski definition) is 3. The normalized spacial score (nSPS) is 11.1. The van der Waals surface area contributed by atoms with E-state index in [0.29, 0.717) is 12.2 Å². The topological polar surface area (TPSA) is 57.4 Å². The Morgan fingerprint density at radius 3 is 1.88 bits per heavy atom. The fraction of sp³-hybridized carbons (Fsp3) is 0.810. The number of nitrogens with one attached hydrogen (secondary N) is 1. The van der Waals surface area contributed by atoms with Gasteiger partial charge in [0.1, 0.15) is 5.69 Å². The second-order valence-corrected chi connectivity index (χ2v) is 7.21. The van der Waals surface area contributed by atoms with E-state index >= 15 is 0 Å². The van der Waals surface area contributed by atoms with Crippen molar-refractivity contribution < 1.29 is 10.2 Å². The number of aromatic nitrogens is 1. The number of unbranched alkanes of at least 4 members (excludes halogenated alkanes) is 11. The molecule has 0 aliphatic rings. The van der Waals surface area contributed by atoms with E-state index in [1.54, 1.807) is 10.6 Å². The maximum absolute atomic E-state index is 10.3. The van der Waals surface area contributed by atoms with E-state index in [1.807, 2.05) is 0 Å². The molecule has 3 N–H and O–H groups in total. The summed E-state index contributed by atoms with van der Waals surface area (Å²) in [6.07, 6.45) is 16.1. The first-order valence-corrected chi connectivity index (χ1v) is 10.6. The van der Waals surface area contributed by atoms with E-state index in [4.69, 9.17) is 0 Å². The van der Waals surface area contributed by atoms with Crippen LogP contribution in [0.3, 0.4) is 0 Å². The summed E-state index contributed by atoms with van der Waals surface area (Å²) in [6, 6.07) is 1.65. The second-order valence-electron chi connectivity index (χ2n) is 7.21. The first-order chi connectivity index (χ1) is 12.2. The highest BCUT2D eigenvalue weighted by Crippen LogP contribution is 2.32. The van der Waals surface area contributed by atoms with Crippen LogP contribution >= 0.6 is 0 Å². The lowest BCUT2D eigenvalue weighted by Crippen LogP contribution is -2.02. The fourth-order valence-corrected chi connectivity index (χ4v) is 3.23. The van der Waals surface area contributed by atoms with Crippen LogP contribution in [0.2, 0.25) is 0 Å². The molecule has 146 valence electrons. The maximum atomic E-state index is 10.3. The Hall–Kier alpha value is -1.32. The van der Waals surface area contributed by atoms with Gasteiger partial charge >= 0.3 is 0 Å². The molecule has 0 radical (unpaired) electrons. The van der Waals surface area contributed by atoms with Gasteiger partial charge in [0.2, 0.25) is 5.88 Å². The zero-order valence-electron chi connectivity index (χ0n) is 16.5. The predicted octanol–water partition coefficient (Wildman–Crippen LogP) is 6.42. The molecule has 0 aliphatic carbocycles. The number of rotatable bonds is 16. The van der Waals surface area contributed by atoms with Crippen LogP contribution in [0.15, 0.2) is 6.07 Å². The minimum absolute atomic E-state index is 0.161. The van der Waals surface area contributed by atoms with Crippen LogP contribution < -0.4 is 5.32 Å². The average molecular weight is 353 g/mol. The van der Waals surface area contributed by atoms with Gasteiger partial charge in [0.05, 0.1) is 0 Å². The highest BCUT2D eigenvalue weighted by Gasteiger charge is 2.13. The molecule has 0 fully saturated rings. The molecule has 0 saturated carbocycles. The number of anilines is 1. The lowest BCUT2D eigenvalue weighted by molar-refractivity contribution is 0.362. The van der Waals surface area contributed by atoms with Crippen LogP contribution in [0, 0.1) is 0 Å². The molecule has 0 aliphatic heterocycles. The van der Waals surface area contributed by atoms with Gasteiger partial charge in [0, 0.05) is 19.2 Å². The Kier molecular flexibility index (Phi) is 12.1. The first-order valence-electron chi connectivity index (χ1n) is 10.6. The molecule has 0 unspecified atom stereocenters. The summed E-state index contributed by atoms with van der Waals surface area (Å²) >= 11 is 0. The van der Waals surface area contributed by atoms with E-state index in [9.17, 15) is 10.2 Å². The lowest BCUT2D eigenvalue weighted by atomic mass is 10.1. The van der Waals surface area contributed by atoms with Gasteiger partial charge < -0.3 is 15.5 Å². The van der Waals surface area contributed by atoms with Crippen LogP contribution in [0.1, 0.15) is 97.3 Å². The van der Waals surface area contributed by atoms with Crippen molar-refractivity contribution >= 4 is 5.69 Å². The van der Waals surface area contributed by atoms with Gasteiger partial charge in [0.15, 0.2) is 5.88 Å². The van der Waals surface area contributed by atoms with Gasteiger partial charge in [-0.05, 0) is 12.8 Å². The maximum Gasteiger partial charge on any atom is 0.218 e. The fourth-order valence-electron chi connectivity index (χ4n) is 3.23. The summed E-state index contributed by atoms with van der Waals surface area (Å²) < 4.78 is 1.62. The highest BCUT2D eigenvalue weighted by atomic mass is 16.3. The number of nitrogens with zero attached hydrogens (tertiary/aromatic N) is 1. The van der Waals surface area contributed by atoms with Crippen molar-refractivity contribution in [3.05, 3.63) is 6.07 Å². The Morgan fingerprint density at radius 1 is 0.760 bits per heavy atom. The number of hydrogen-bond donors (Lipinski definition) is 3. The summed E-state index contributed by atoms with van der Waals surface area (Å²) in [6.45, 7) is 5.99. The van der Waals surface area contributed by atoms with Crippen LogP contribution in [-0.2, 0) is 6.54 Å². The van der Waals surface area contributed by atoms with E-state index in [1.165, 1.54) is 64.2 Å². The minimum atomic E-state index is 0.161. The molecule has 0 spiro atoms. The van der Waals surface area contributed by atoms with Crippen molar-refractivity contribution in [2.24, 2.45) is 0 Å². The third-order valence-corrected chi connectivity index (χ3v) is 4.88. The Labute approximate surface area is 154 Å². The van der Waals surface area contributed by atoms with E-state index < -0.39 is 0 Å². The van der Waals surface area contributed by atoms with Crippen LogP contribution in [0.4, 0.5) is 5.69 Å². The Balaban J connectivity index is 2.21. The molecule has 1 aromatic heterocycles. The monoisotopic (exact) mass is 352 g/mol. The molecule has 1 rings (SSSR count). The van der Waals surface area contributed by atoms with Gasteiger partial charge in [0.25, 0.3) is 0 Å². The molecule has 4 heteroatoms. The molecule has 0 bridgehead atoms. The Bertz CT molecular complexity index is 443. The van der Waals surface area contributed by atoms with Gasteiger partial charge in [-0.1, -0.05) is 84.5 Å². The van der Waals surface area contributed by atoms with Crippen molar-refractivity contribution in [2.75, 3.05) is 11.9 Å². The zero-order chi connectivity index (χ0) is 18.3. The molecule has 25 heavy (non-hydrogen) atoms. The highest BCUT2D eigenvalue weighted by molar-refractivity contribution is 5.57. The summed E-state index contributed by atoms with van der Waals surface area (Å²) in [7, 11) is 0. The first kappa shape index (κ1) is 21.7. The third-order valence-electron chi connectivity index (χ3n) is 4.88. The summed E-state index contributed by atoms with van der Waals surface area (Å²) in [4.78, 5) is 0. The Morgan fingerprint density at radius 2 is 1.28 bits per heavy atom. The largest absolute Gasteiger partial charge is 0.494 e. The molecular weight excluding hydrogens is 312 g/mol. The van der Waals surface area contributed by atoms with Crippen molar-refractivity contribution in [3.8, 4) is 11.8 Å². The van der Waals surface area contributed by atoms with Crippen LogP contribution in [0.5, 0.6) is 11.8 Å². The van der Waals surface area contributed by atoms with Gasteiger partial charge in [-0.15, -0.1) is 0 Å². The molecular formula is C21H40N2O2. The molecule has 1 aromatic rings. The summed E-state index contributed by atoms with van der Waals surface area (Å²) in [5, 5.41) is 23.6. The minimum Gasteiger partial charge on any atom is -0.494 e. The van der Waals surface area contributed by atoms with Gasteiger partial charge in [-0.3, -0.25) is 4.57 Å². The summed E-state index contributed by atoms with van der Waals surface area (Å²) in [5.41, 5.74) is 0.661.